The number of nitrogens with one attached hydrogen (secondary N) is 1. The number of aromatic nitrogens is 1. The van der Waals surface area contributed by atoms with Crippen LogP contribution < -0.4 is 9.62 Å². The van der Waals surface area contributed by atoms with Gasteiger partial charge in [0.25, 0.3) is 15.9 Å². The van der Waals surface area contributed by atoms with Crippen molar-refractivity contribution in [2.24, 2.45) is 5.41 Å². The molecular formula is C32H34ClF3N4O3S. The number of alkyl halides is 3. The van der Waals surface area contributed by atoms with E-state index in [4.69, 9.17) is 11.6 Å². The number of piperazine rings is 1. The van der Waals surface area contributed by atoms with E-state index >= 15 is 0 Å². The van der Waals surface area contributed by atoms with Crippen LogP contribution >= 0.6 is 11.6 Å². The Morgan fingerprint density at radius 1 is 0.977 bits per heavy atom. The van der Waals surface area contributed by atoms with E-state index in [1.54, 1.807) is 16.9 Å². The van der Waals surface area contributed by atoms with E-state index in [1.165, 1.54) is 28.8 Å². The highest BCUT2D eigenvalue weighted by Gasteiger charge is 2.33. The Balaban J connectivity index is 1.21. The molecule has 3 aromatic rings. The van der Waals surface area contributed by atoms with Crippen molar-refractivity contribution >= 4 is 38.8 Å². The molecule has 0 bridgehead atoms. The second-order valence-corrected chi connectivity index (χ2v) is 14.1. The van der Waals surface area contributed by atoms with Crippen molar-refractivity contribution in [3.8, 4) is 0 Å². The molecule has 7 nitrogen and oxygen atoms in total. The van der Waals surface area contributed by atoms with E-state index in [0.29, 0.717) is 6.07 Å². The maximum absolute atomic E-state index is 12.9. The maximum atomic E-state index is 12.9. The number of allylic oxidation sites excluding steroid dienone is 1. The van der Waals surface area contributed by atoms with Crippen molar-refractivity contribution in [3.63, 3.8) is 0 Å². The molecule has 1 N–H and O–H groups in total. The lowest BCUT2D eigenvalue weighted by Crippen LogP contribution is -2.47. The summed E-state index contributed by atoms with van der Waals surface area (Å²) in [6.45, 7) is 8.76. The average molecular weight is 647 g/mol. The SMILES string of the molecule is CC1(C)CCC(CN2CCN(c3ccc(S(=O)(=O)NC(=O)c4cccc(C(F)(F)F)n4)cc3)CC2)=C(c2ccc(Cl)cc2)C1. The lowest BCUT2D eigenvalue weighted by molar-refractivity contribution is -0.141. The van der Waals surface area contributed by atoms with Gasteiger partial charge in [0.2, 0.25) is 0 Å². The molecule has 1 fully saturated rings. The number of carbonyl (C=O) groups is 1. The number of hydrogen-bond acceptors (Lipinski definition) is 6. The van der Waals surface area contributed by atoms with Crippen molar-refractivity contribution in [1.29, 1.82) is 0 Å². The van der Waals surface area contributed by atoms with Crippen LogP contribution in [0.2, 0.25) is 5.02 Å². The lowest BCUT2D eigenvalue weighted by atomic mass is 9.72. The summed E-state index contributed by atoms with van der Waals surface area (Å²) in [6, 6.07) is 16.9. The molecule has 0 atom stereocenters. The highest BCUT2D eigenvalue weighted by atomic mass is 35.5. The molecule has 2 heterocycles. The normalized spacial score (nSPS) is 17.9. The fourth-order valence-electron chi connectivity index (χ4n) is 5.69. The minimum atomic E-state index is -4.76. The molecular weight excluding hydrogens is 613 g/mol. The Kier molecular flexibility index (Phi) is 9.11. The summed E-state index contributed by atoms with van der Waals surface area (Å²) >= 11 is 6.14. The molecule has 0 saturated carbocycles. The molecule has 12 heteroatoms. The third kappa shape index (κ3) is 7.62. The molecule has 0 radical (unpaired) electrons. The van der Waals surface area contributed by atoms with Gasteiger partial charge in [-0.3, -0.25) is 9.69 Å². The van der Waals surface area contributed by atoms with Gasteiger partial charge in [-0.2, -0.15) is 13.2 Å². The number of anilines is 1. The topological polar surface area (TPSA) is 82.6 Å². The fraction of sp³-hybridized carbons (Fsp3) is 0.375. The van der Waals surface area contributed by atoms with Gasteiger partial charge in [0.15, 0.2) is 0 Å². The minimum absolute atomic E-state index is 0.179. The van der Waals surface area contributed by atoms with E-state index in [-0.39, 0.29) is 10.3 Å². The Bertz CT molecular complexity index is 1650. The molecule has 2 aliphatic rings. The van der Waals surface area contributed by atoms with E-state index in [0.717, 1.165) is 74.8 Å². The summed E-state index contributed by atoms with van der Waals surface area (Å²) in [5.74, 6) is -1.24. The Morgan fingerprint density at radius 2 is 1.64 bits per heavy atom. The Labute approximate surface area is 260 Å². The first-order chi connectivity index (χ1) is 20.7. The summed E-state index contributed by atoms with van der Waals surface area (Å²) < 4.78 is 66.2. The maximum Gasteiger partial charge on any atom is 0.433 e. The highest BCUT2D eigenvalue weighted by Crippen LogP contribution is 2.43. The first-order valence-corrected chi connectivity index (χ1v) is 16.2. The molecule has 1 saturated heterocycles. The number of hydrogen-bond donors (Lipinski definition) is 1. The van der Waals surface area contributed by atoms with Gasteiger partial charge in [-0.1, -0.05) is 49.2 Å². The van der Waals surface area contributed by atoms with Gasteiger partial charge in [0, 0.05) is 43.4 Å². The van der Waals surface area contributed by atoms with Gasteiger partial charge >= 0.3 is 6.18 Å². The zero-order valence-electron chi connectivity index (χ0n) is 24.5. The van der Waals surface area contributed by atoms with Gasteiger partial charge < -0.3 is 4.90 Å². The standard InChI is InChI=1S/C32H34ClF3N4O3S/c1-31(2)15-14-23(27(20-31)22-6-8-24(33)9-7-22)21-39-16-18-40(19-17-39)25-10-12-26(13-11-25)44(42,43)38-30(41)28-4-3-5-29(37-28)32(34,35)36/h3-13H,14-21H2,1-2H3,(H,38,41). The number of amides is 1. The number of benzene rings is 2. The molecule has 234 valence electrons. The van der Waals surface area contributed by atoms with Crippen LogP contribution in [0.25, 0.3) is 5.57 Å². The smallest absolute Gasteiger partial charge is 0.369 e. The van der Waals surface area contributed by atoms with Crippen LogP contribution in [0.15, 0.2) is 77.2 Å². The van der Waals surface area contributed by atoms with Gasteiger partial charge in [-0.15, -0.1) is 0 Å². The third-order valence-electron chi connectivity index (χ3n) is 8.18. The molecule has 1 aliphatic heterocycles. The fourth-order valence-corrected chi connectivity index (χ4v) is 6.77. The van der Waals surface area contributed by atoms with Crippen molar-refractivity contribution in [2.75, 3.05) is 37.6 Å². The van der Waals surface area contributed by atoms with Crippen LogP contribution in [0.4, 0.5) is 18.9 Å². The van der Waals surface area contributed by atoms with Crippen molar-refractivity contribution in [2.45, 2.75) is 44.2 Å². The Morgan fingerprint density at radius 3 is 2.27 bits per heavy atom. The quantitative estimate of drug-likeness (QED) is 0.309. The number of pyridine rings is 1. The summed E-state index contributed by atoms with van der Waals surface area (Å²) in [5, 5.41) is 0.727. The largest absolute Gasteiger partial charge is 0.433 e. The summed E-state index contributed by atoms with van der Waals surface area (Å²) in [5.41, 5.74) is 3.27. The number of carbonyl (C=O) groups excluding carboxylic acids is 1. The monoisotopic (exact) mass is 646 g/mol. The van der Waals surface area contributed by atoms with Gasteiger partial charge in [-0.05, 0) is 84.3 Å². The zero-order valence-corrected chi connectivity index (χ0v) is 26.1. The molecule has 44 heavy (non-hydrogen) atoms. The third-order valence-corrected chi connectivity index (χ3v) is 9.78. The number of sulfonamides is 1. The van der Waals surface area contributed by atoms with Gasteiger partial charge in [0.1, 0.15) is 11.4 Å². The summed E-state index contributed by atoms with van der Waals surface area (Å²) in [4.78, 5) is 20.1. The molecule has 1 amide bonds. The second-order valence-electron chi connectivity index (χ2n) is 12.0. The predicted molar refractivity (Wildman–Crippen MR) is 165 cm³/mol. The van der Waals surface area contributed by atoms with Crippen molar-refractivity contribution in [3.05, 3.63) is 94.3 Å². The lowest BCUT2D eigenvalue weighted by Gasteiger charge is -2.39. The van der Waals surface area contributed by atoms with Crippen LogP contribution in [0, 0.1) is 5.41 Å². The first kappa shape index (κ1) is 32.0. The zero-order chi connectivity index (χ0) is 31.7. The molecule has 5 rings (SSSR count). The summed E-state index contributed by atoms with van der Waals surface area (Å²) in [7, 11) is -4.33. The minimum Gasteiger partial charge on any atom is -0.369 e. The van der Waals surface area contributed by atoms with Crippen molar-refractivity contribution < 1.29 is 26.4 Å². The van der Waals surface area contributed by atoms with Gasteiger partial charge in [0.05, 0.1) is 4.90 Å². The van der Waals surface area contributed by atoms with E-state index < -0.39 is 33.5 Å². The van der Waals surface area contributed by atoms with Crippen molar-refractivity contribution in [1.82, 2.24) is 14.6 Å². The van der Waals surface area contributed by atoms with Crippen LogP contribution in [0.3, 0.4) is 0 Å². The molecule has 2 aromatic carbocycles. The number of halogens is 4. The van der Waals surface area contributed by atoms with Crippen LogP contribution in [-0.2, 0) is 16.2 Å². The molecule has 0 spiro atoms. The number of rotatable bonds is 7. The Hall–Kier alpha value is -3.41. The summed E-state index contributed by atoms with van der Waals surface area (Å²) in [6.07, 6.45) is -1.54. The van der Waals surface area contributed by atoms with Crippen LogP contribution in [0.1, 0.15) is 54.9 Å². The van der Waals surface area contributed by atoms with E-state index in [2.05, 4.69) is 40.8 Å². The molecule has 1 aliphatic carbocycles. The van der Waals surface area contributed by atoms with Crippen LogP contribution in [-0.4, -0.2) is 56.9 Å². The van der Waals surface area contributed by atoms with E-state index in [9.17, 15) is 26.4 Å². The second kappa shape index (κ2) is 12.5. The van der Waals surface area contributed by atoms with E-state index in [1.807, 2.05) is 12.1 Å². The van der Waals surface area contributed by atoms with Crippen LogP contribution in [0.5, 0.6) is 0 Å². The molecule has 1 aromatic heterocycles. The molecule has 0 unspecified atom stereocenters. The average Bonchev–Trinajstić information content (AvgIpc) is 2.98. The first-order valence-electron chi connectivity index (χ1n) is 14.4. The van der Waals surface area contributed by atoms with Gasteiger partial charge in [-0.25, -0.2) is 18.1 Å². The highest BCUT2D eigenvalue weighted by molar-refractivity contribution is 7.90. The predicted octanol–water partition coefficient (Wildman–Crippen LogP) is 6.66. The number of nitrogens with zero attached hydrogens (tertiary/aromatic N) is 3.